The van der Waals surface area contributed by atoms with Gasteiger partial charge in [0.1, 0.15) is 6.54 Å². The van der Waals surface area contributed by atoms with E-state index < -0.39 is 12.1 Å². The second-order valence-electron chi connectivity index (χ2n) is 5.44. The number of hydrogen-bond acceptors (Lipinski definition) is 3. The predicted octanol–water partition coefficient (Wildman–Crippen LogP) is 1.13. The van der Waals surface area contributed by atoms with Crippen LogP contribution in [0.15, 0.2) is 0 Å². The molecule has 0 rings (SSSR count). The van der Waals surface area contributed by atoms with Crippen molar-refractivity contribution in [3.05, 3.63) is 0 Å². The maximum atomic E-state index is 11.6. The van der Waals surface area contributed by atoms with Crippen LogP contribution in [0.25, 0.3) is 0 Å². The normalized spacial score (nSPS) is 15.1. The first-order valence-corrected chi connectivity index (χ1v) is 5.88. The molecule has 0 aromatic rings. The molecule has 0 heterocycles. The smallest absolute Gasteiger partial charge is 0.309 e. The molecule has 0 aliphatic heterocycles. The van der Waals surface area contributed by atoms with Gasteiger partial charge in [0.2, 0.25) is 0 Å². The minimum absolute atomic E-state index is 0.141. The number of esters is 1. The summed E-state index contributed by atoms with van der Waals surface area (Å²) < 4.78 is 5.82. The fraction of sp³-hybridized carbons (Fsp3) is 0.833. The minimum atomic E-state index is -0.944. The average Bonchev–Trinajstić information content (AvgIpc) is 2.12. The van der Waals surface area contributed by atoms with Crippen molar-refractivity contribution in [2.75, 3.05) is 27.7 Å². The van der Waals surface area contributed by atoms with Crippen LogP contribution in [0.4, 0.5) is 0 Å². The zero-order valence-electron chi connectivity index (χ0n) is 11.4. The summed E-state index contributed by atoms with van der Waals surface area (Å²) in [5.41, 5.74) is 0. The van der Waals surface area contributed by atoms with Crippen molar-refractivity contribution in [2.24, 2.45) is 5.92 Å². The summed E-state index contributed by atoms with van der Waals surface area (Å²) in [6.07, 6.45) is -0.00487. The van der Waals surface area contributed by atoms with Gasteiger partial charge >= 0.3 is 11.9 Å². The average molecular weight is 246 g/mol. The SMILES string of the molecule is CC[C@@H](C)C(=O)O[C@H](CC(=O)O)C[N+](C)(C)C. The van der Waals surface area contributed by atoms with Crippen molar-refractivity contribution in [2.45, 2.75) is 32.8 Å². The Bertz CT molecular complexity index is 270. The number of quaternary nitrogens is 1. The maximum Gasteiger partial charge on any atom is 0.309 e. The minimum Gasteiger partial charge on any atom is -0.481 e. The van der Waals surface area contributed by atoms with Crippen molar-refractivity contribution in [1.82, 2.24) is 0 Å². The van der Waals surface area contributed by atoms with Crippen molar-refractivity contribution >= 4 is 11.9 Å². The quantitative estimate of drug-likeness (QED) is 0.540. The van der Waals surface area contributed by atoms with Crippen LogP contribution in [-0.2, 0) is 14.3 Å². The van der Waals surface area contributed by atoms with Gasteiger partial charge in [0.15, 0.2) is 6.10 Å². The molecule has 1 N–H and O–H groups in total. The van der Waals surface area contributed by atoms with E-state index in [0.717, 1.165) is 0 Å². The number of carbonyl (C=O) groups is 2. The van der Waals surface area contributed by atoms with Crippen LogP contribution in [0.5, 0.6) is 0 Å². The highest BCUT2D eigenvalue weighted by Crippen LogP contribution is 2.10. The van der Waals surface area contributed by atoms with Gasteiger partial charge in [0.05, 0.1) is 33.5 Å². The molecule has 0 aliphatic rings. The summed E-state index contributed by atoms with van der Waals surface area (Å²) in [6, 6.07) is 0. The van der Waals surface area contributed by atoms with Crippen LogP contribution in [0.3, 0.4) is 0 Å². The van der Waals surface area contributed by atoms with Gasteiger partial charge < -0.3 is 14.3 Å². The second-order valence-corrected chi connectivity index (χ2v) is 5.44. The molecular weight excluding hydrogens is 222 g/mol. The summed E-state index contributed by atoms with van der Waals surface area (Å²) in [5, 5.41) is 8.79. The molecule has 0 fully saturated rings. The molecule has 0 bridgehead atoms. The topological polar surface area (TPSA) is 63.6 Å². The van der Waals surface area contributed by atoms with Crippen molar-refractivity contribution in [3.63, 3.8) is 0 Å². The van der Waals surface area contributed by atoms with E-state index in [1.54, 1.807) is 6.92 Å². The van der Waals surface area contributed by atoms with E-state index in [0.29, 0.717) is 17.4 Å². The zero-order valence-corrected chi connectivity index (χ0v) is 11.4. The lowest BCUT2D eigenvalue weighted by molar-refractivity contribution is -0.873. The van der Waals surface area contributed by atoms with Gasteiger partial charge in [-0.25, -0.2) is 0 Å². The highest BCUT2D eigenvalue weighted by atomic mass is 16.5. The molecule has 0 amide bonds. The van der Waals surface area contributed by atoms with Gasteiger partial charge in [-0.05, 0) is 6.42 Å². The molecule has 0 aliphatic carbocycles. The van der Waals surface area contributed by atoms with E-state index in [1.165, 1.54) is 0 Å². The van der Waals surface area contributed by atoms with Crippen LogP contribution in [0, 0.1) is 5.92 Å². The monoisotopic (exact) mass is 246 g/mol. The van der Waals surface area contributed by atoms with Crippen LogP contribution < -0.4 is 0 Å². The Hall–Kier alpha value is -1.10. The lowest BCUT2D eigenvalue weighted by Gasteiger charge is -2.28. The Labute approximate surface area is 103 Å². The van der Waals surface area contributed by atoms with Gasteiger partial charge in [-0.3, -0.25) is 9.59 Å². The van der Waals surface area contributed by atoms with E-state index in [-0.39, 0.29) is 18.3 Å². The fourth-order valence-corrected chi connectivity index (χ4v) is 1.40. The van der Waals surface area contributed by atoms with Gasteiger partial charge in [0.25, 0.3) is 0 Å². The number of ether oxygens (including phenoxy) is 1. The molecular formula is C12H24NO4+. The predicted molar refractivity (Wildman–Crippen MR) is 64.5 cm³/mol. The molecule has 100 valence electrons. The Morgan fingerprint density at radius 3 is 2.18 bits per heavy atom. The largest absolute Gasteiger partial charge is 0.481 e. The number of aliphatic carboxylic acids is 1. The third-order valence-electron chi connectivity index (χ3n) is 2.45. The molecule has 5 heteroatoms. The number of nitrogens with zero attached hydrogens (tertiary/aromatic N) is 1. The van der Waals surface area contributed by atoms with E-state index in [9.17, 15) is 9.59 Å². The van der Waals surface area contributed by atoms with E-state index in [4.69, 9.17) is 9.84 Å². The van der Waals surface area contributed by atoms with Crippen molar-refractivity contribution < 1.29 is 23.9 Å². The van der Waals surface area contributed by atoms with E-state index in [1.807, 2.05) is 28.1 Å². The Balaban J connectivity index is 4.48. The number of carbonyl (C=O) groups excluding carboxylic acids is 1. The summed E-state index contributed by atoms with van der Waals surface area (Å²) >= 11 is 0. The van der Waals surface area contributed by atoms with Crippen LogP contribution in [0.1, 0.15) is 26.7 Å². The zero-order chi connectivity index (χ0) is 13.6. The molecule has 17 heavy (non-hydrogen) atoms. The van der Waals surface area contributed by atoms with Gasteiger partial charge in [-0.15, -0.1) is 0 Å². The van der Waals surface area contributed by atoms with Crippen LogP contribution in [0.2, 0.25) is 0 Å². The molecule has 0 saturated heterocycles. The lowest BCUT2D eigenvalue weighted by Crippen LogP contribution is -2.44. The molecule has 0 spiro atoms. The number of rotatable bonds is 7. The first-order valence-electron chi connectivity index (χ1n) is 5.88. The molecule has 0 aromatic carbocycles. The highest BCUT2D eigenvalue weighted by molar-refractivity contribution is 5.73. The first kappa shape index (κ1) is 15.9. The lowest BCUT2D eigenvalue weighted by atomic mass is 10.1. The van der Waals surface area contributed by atoms with Gasteiger partial charge in [0, 0.05) is 0 Å². The fourth-order valence-electron chi connectivity index (χ4n) is 1.40. The highest BCUT2D eigenvalue weighted by Gasteiger charge is 2.26. The maximum absolute atomic E-state index is 11.6. The summed E-state index contributed by atoms with van der Waals surface area (Å²) in [6.45, 7) is 4.18. The van der Waals surface area contributed by atoms with Crippen molar-refractivity contribution in [1.29, 1.82) is 0 Å². The molecule has 2 atom stereocenters. The summed E-state index contributed by atoms with van der Waals surface area (Å²) in [5.74, 6) is -1.44. The Morgan fingerprint density at radius 1 is 1.29 bits per heavy atom. The van der Waals surface area contributed by atoms with Crippen molar-refractivity contribution in [3.8, 4) is 0 Å². The first-order chi connectivity index (χ1) is 7.65. The third kappa shape index (κ3) is 7.74. The second kappa shape index (κ2) is 6.59. The van der Waals surface area contributed by atoms with Gasteiger partial charge in [-0.2, -0.15) is 0 Å². The number of hydrogen-bond donors (Lipinski definition) is 1. The van der Waals surface area contributed by atoms with Gasteiger partial charge in [-0.1, -0.05) is 13.8 Å². The van der Waals surface area contributed by atoms with E-state index in [2.05, 4.69) is 0 Å². The number of likely N-dealkylation sites (N-methyl/N-ethyl adjacent to an activating group) is 1. The number of carboxylic acid groups (broad SMARTS) is 1. The summed E-state index contributed by atoms with van der Waals surface area (Å²) in [7, 11) is 5.81. The Morgan fingerprint density at radius 2 is 1.82 bits per heavy atom. The molecule has 0 radical (unpaired) electrons. The van der Waals surface area contributed by atoms with Crippen LogP contribution in [-0.4, -0.2) is 55.3 Å². The Kier molecular flexibility index (Phi) is 6.16. The van der Waals surface area contributed by atoms with E-state index >= 15 is 0 Å². The number of carboxylic acids is 1. The standard InChI is InChI=1S/C12H23NO4/c1-6-9(2)12(16)17-10(7-11(14)15)8-13(3,4)5/h9-10H,6-8H2,1-5H3/p+1/t9-,10-/m1/s1. The molecule has 0 saturated carbocycles. The molecule has 0 aromatic heterocycles. The summed E-state index contributed by atoms with van der Waals surface area (Å²) in [4.78, 5) is 22.3. The van der Waals surface area contributed by atoms with Crippen LogP contribution >= 0.6 is 0 Å². The molecule has 0 unspecified atom stereocenters. The molecule has 5 nitrogen and oxygen atoms in total. The third-order valence-corrected chi connectivity index (χ3v) is 2.45.